The van der Waals surface area contributed by atoms with Gasteiger partial charge in [-0.3, -0.25) is 0 Å². The molecule has 1 fully saturated rings. The highest BCUT2D eigenvalue weighted by molar-refractivity contribution is 5.97. The molecule has 0 spiro atoms. The van der Waals surface area contributed by atoms with Crippen molar-refractivity contribution in [2.75, 3.05) is 20.3 Å². The van der Waals surface area contributed by atoms with Crippen molar-refractivity contribution in [2.24, 2.45) is 11.3 Å². The number of esters is 1. The maximum Gasteiger partial charge on any atom is 0.338 e. The standard InChI is InChI=1S/C31H44O4/c1-23-11-9-10-14-27(23)29-20-25(15-16-28(29)30(32)33-5)21-35-26(19-24-12-7-6-8-13-24)22-34-18-17-31(2,3)4/h9-11,14-16,20,24,26H,6-8,12-13,17-19,21-22H2,1-5H3/t26-/m0/s1. The molecule has 1 aliphatic rings. The lowest BCUT2D eigenvalue weighted by Crippen LogP contribution is -2.25. The maximum absolute atomic E-state index is 12.5. The molecule has 2 aromatic rings. The third-order valence-electron chi connectivity index (χ3n) is 7.03. The average molecular weight is 481 g/mol. The molecule has 0 aromatic heterocycles. The lowest BCUT2D eigenvalue weighted by molar-refractivity contribution is -0.0416. The third kappa shape index (κ3) is 8.77. The number of methoxy groups -OCH3 is 1. The molecule has 1 aliphatic carbocycles. The Morgan fingerprint density at radius 3 is 2.46 bits per heavy atom. The summed E-state index contributed by atoms with van der Waals surface area (Å²) in [6, 6.07) is 14.0. The molecule has 0 heterocycles. The van der Waals surface area contributed by atoms with Crippen molar-refractivity contribution in [1.82, 2.24) is 0 Å². The van der Waals surface area contributed by atoms with E-state index in [4.69, 9.17) is 14.2 Å². The Hall–Kier alpha value is -2.17. The van der Waals surface area contributed by atoms with Gasteiger partial charge in [-0.2, -0.15) is 0 Å². The number of hydrogen-bond donors (Lipinski definition) is 0. The van der Waals surface area contributed by atoms with Gasteiger partial charge in [-0.25, -0.2) is 4.79 Å². The lowest BCUT2D eigenvalue weighted by Gasteiger charge is -2.27. The molecule has 1 atom stereocenters. The summed E-state index contributed by atoms with van der Waals surface area (Å²) in [5.41, 5.74) is 4.96. The van der Waals surface area contributed by atoms with Gasteiger partial charge in [0.2, 0.25) is 0 Å². The van der Waals surface area contributed by atoms with Gasteiger partial charge in [0.05, 0.1) is 32.0 Å². The largest absolute Gasteiger partial charge is 0.465 e. The number of ether oxygens (including phenoxy) is 3. The second-order valence-corrected chi connectivity index (χ2v) is 11.2. The van der Waals surface area contributed by atoms with Crippen LogP contribution in [-0.4, -0.2) is 32.4 Å². The third-order valence-corrected chi connectivity index (χ3v) is 7.03. The van der Waals surface area contributed by atoms with Gasteiger partial charge in [-0.15, -0.1) is 0 Å². The summed E-state index contributed by atoms with van der Waals surface area (Å²) in [7, 11) is 1.43. The Balaban J connectivity index is 1.72. The van der Waals surface area contributed by atoms with E-state index in [1.165, 1.54) is 39.2 Å². The van der Waals surface area contributed by atoms with Crippen LogP contribution in [0.25, 0.3) is 11.1 Å². The monoisotopic (exact) mass is 480 g/mol. The van der Waals surface area contributed by atoms with Crippen molar-refractivity contribution < 1.29 is 19.0 Å². The van der Waals surface area contributed by atoms with Gasteiger partial charge in [-0.1, -0.05) is 83.2 Å². The molecule has 0 unspecified atom stereocenters. The van der Waals surface area contributed by atoms with Crippen LogP contribution >= 0.6 is 0 Å². The summed E-state index contributed by atoms with van der Waals surface area (Å²) in [4.78, 5) is 12.5. The second kappa shape index (κ2) is 13.2. The Morgan fingerprint density at radius 2 is 1.77 bits per heavy atom. The number of hydrogen-bond acceptors (Lipinski definition) is 4. The Bertz CT molecular complexity index is 937. The maximum atomic E-state index is 12.5. The molecule has 2 aromatic carbocycles. The Labute approximate surface area is 212 Å². The minimum atomic E-state index is -0.321. The fourth-order valence-electron chi connectivity index (χ4n) is 4.85. The van der Waals surface area contributed by atoms with Gasteiger partial charge in [0.15, 0.2) is 0 Å². The van der Waals surface area contributed by atoms with E-state index in [0.29, 0.717) is 18.8 Å². The molecule has 3 rings (SSSR count). The van der Waals surface area contributed by atoms with E-state index in [0.717, 1.165) is 47.6 Å². The first kappa shape index (κ1) is 27.4. The van der Waals surface area contributed by atoms with E-state index in [9.17, 15) is 4.79 Å². The van der Waals surface area contributed by atoms with Crippen molar-refractivity contribution in [2.45, 2.75) is 85.4 Å². The van der Waals surface area contributed by atoms with Crippen LogP contribution in [-0.2, 0) is 20.8 Å². The highest BCUT2D eigenvalue weighted by Crippen LogP contribution is 2.31. The van der Waals surface area contributed by atoms with Gasteiger partial charge < -0.3 is 14.2 Å². The summed E-state index contributed by atoms with van der Waals surface area (Å²) in [5, 5.41) is 0. The van der Waals surface area contributed by atoms with Crippen LogP contribution in [0.3, 0.4) is 0 Å². The first-order chi connectivity index (χ1) is 16.8. The lowest BCUT2D eigenvalue weighted by atomic mass is 9.85. The van der Waals surface area contributed by atoms with Crippen LogP contribution < -0.4 is 0 Å². The SMILES string of the molecule is COC(=O)c1ccc(CO[C@H](COCCC(C)(C)C)CC2CCCCC2)cc1-c1ccccc1C. The number of benzene rings is 2. The van der Waals surface area contributed by atoms with Gasteiger partial charge >= 0.3 is 5.97 Å². The summed E-state index contributed by atoms with van der Waals surface area (Å²) in [6.07, 6.45) is 8.80. The van der Waals surface area contributed by atoms with Gasteiger partial charge in [0, 0.05) is 6.61 Å². The molecule has 0 amide bonds. The number of rotatable bonds is 11. The number of carbonyl (C=O) groups is 1. The molecule has 4 nitrogen and oxygen atoms in total. The molecule has 4 heteroatoms. The van der Waals surface area contributed by atoms with Crippen LogP contribution in [0.4, 0.5) is 0 Å². The first-order valence-corrected chi connectivity index (χ1v) is 13.2. The average Bonchev–Trinajstić information content (AvgIpc) is 2.84. The van der Waals surface area contributed by atoms with Crippen LogP contribution in [0.5, 0.6) is 0 Å². The summed E-state index contributed by atoms with van der Waals surface area (Å²) in [6.45, 7) is 10.7. The Morgan fingerprint density at radius 1 is 1.03 bits per heavy atom. The van der Waals surface area contributed by atoms with E-state index in [1.807, 2.05) is 24.3 Å². The molecule has 35 heavy (non-hydrogen) atoms. The second-order valence-electron chi connectivity index (χ2n) is 11.2. The number of carbonyl (C=O) groups excluding carboxylic acids is 1. The molecule has 1 saturated carbocycles. The van der Waals surface area contributed by atoms with Crippen molar-refractivity contribution in [3.63, 3.8) is 0 Å². The summed E-state index contributed by atoms with van der Waals surface area (Å²) in [5.74, 6) is 0.405. The zero-order valence-corrected chi connectivity index (χ0v) is 22.4. The van der Waals surface area contributed by atoms with Crippen molar-refractivity contribution in [3.8, 4) is 11.1 Å². The molecule has 0 bridgehead atoms. The highest BCUT2D eigenvalue weighted by atomic mass is 16.5. The van der Waals surface area contributed by atoms with E-state index < -0.39 is 0 Å². The van der Waals surface area contributed by atoms with E-state index >= 15 is 0 Å². The molecule has 192 valence electrons. The predicted molar refractivity (Wildman–Crippen MR) is 143 cm³/mol. The molecule has 0 radical (unpaired) electrons. The zero-order valence-electron chi connectivity index (χ0n) is 22.4. The summed E-state index contributed by atoms with van der Waals surface area (Å²) >= 11 is 0. The zero-order chi connectivity index (χ0) is 25.3. The smallest absolute Gasteiger partial charge is 0.338 e. The first-order valence-electron chi connectivity index (χ1n) is 13.2. The van der Waals surface area contributed by atoms with E-state index in [-0.39, 0.29) is 17.5 Å². The minimum Gasteiger partial charge on any atom is -0.465 e. The normalized spacial score (nSPS) is 15.7. The predicted octanol–water partition coefficient (Wildman–Crippen LogP) is 7.76. The van der Waals surface area contributed by atoms with Crippen LogP contribution in [0.1, 0.15) is 87.2 Å². The number of aryl methyl sites for hydroxylation is 1. The van der Waals surface area contributed by atoms with Crippen molar-refractivity contribution in [3.05, 3.63) is 59.2 Å². The van der Waals surface area contributed by atoms with Crippen molar-refractivity contribution in [1.29, 1.82) is 0 Å². The van der Waals surface area contributed by atoms with E-state index in [1.54, 1.807) is 0 Å². The molecular formula is C31H44O4. The quantitative estimate of drug-likeness (QED) is 0.243. The topological polar surface area (TPSA) is 44.8 Å². The molecular weight excluding hydrogens is 436 g/mol. The molecule has 0 aliphatic heterocycles. The highest BCUT2D eigenvalue weighted by Gasteiger charge is 2.21. The molecule has 0 N–H and O–H groups in total. The van der Waals surface area contributed by atoms with Gasteiger partial charge in [0.25, 0.3) is 0 Å². The molecule has 0 saturated heterocycles. The Kier molecular flexibility index (Phi) is 10.4. The van der Waals surface area contributed by atoms with Crippen LogP contribution in [0, 0.1) is 18.3 Å². The van der Waals surface area contributed by atoms with Crippen molar-refractivity contribution >= 4 is 5.97 Å². The summed E-state index contributed by atoms with van der Waals surface area (Å²) < 4.78 is 17.6. The van der Waals surface area contributed by atoms with Crippen LogP contribution in [0.15, 0.2) is 42.5 Å². The fraction of sp³-hybridized carbons (Fsp3) is 0.581. The minimum absolute atomic E-state index is 0.0836. The van der Waals surface area contributed by atoms with Gasteiger partial charge in [0.1, 0.15) is 0 Å². The van der Waals surface area contributed by atoms with Gasteiger partial charge in [-0.05, 0) is 65.5 Å². The fourth-order valence-corrected chi connectivity index (χ4v) is 4.85. The van der Waals surface area contributed by atoms with Crippen LogP contribution in [0.2, 0.25) is 0 Å². The van der Waals surface area contributed by atoms with E-state index in [2.05, 4.69) is 45.9 Å².